The topological polar surface area (TPSA) is 125 Å². The first kappa shape index (κ1) is 19.3. The number of methoxy groups -OCH3 is 2. The minimum absolute atomic E-state index is 0.0964. The van der Waals surface area contributed by atoms with Crippen LogP contribution in [0.1, 0.15) is 20.8 Å². The smallest absolute Gasteiger partial charge is 0.313 e. The Bertz CT molecular complexity index is 1190. The molecule has 3 aromatic rings. The van der Waals surface area contributed by atoms with Gasteiger partial charge in [-0.1, -0.05) is 5.21 Å². The van der Waals surface area contributed by atoms with E-state index in [1.54, 1.807) is 20.8 Å². The lowest BCUT2D eigenvalue weighted by Crippen LogP contribution is -2.25. The van der Waals surface area contributed by atoms with Crippen LogP contribution in [0.2, 0.25) is 0 Å². The molecule has 2 heterocycles. The standard InChI is InChI=1S/C18H20N4O6/c1-18(2,3)17(25)28-8-22-14-13(20-21-22)15(23)9-6-11(26-4)12(27-5)7-10(9)19-16(14)24/h6-7H,8H2,1-5H3,(H,19,24). The number of aromatic nitrogens is 4. The highest BCUT2D eigenvalue weighted by atomic mass is 16.5. The molecule has 10 heteroatoms. The molecule has 0 saturated carbocycles. The van der Waals surface area contributed by atoms with Crippen molar-refractivity contribution < 1.29 is 19.0 Å². The van der Waals surface area contributed by atoms with Gasteiger partial charge < -0.3 is 19.2 Å². The number of esters is 1. The van der Waals surface area contributed by atoms with Crippen molar-refractivity contribution >= 4 is 27.9 Å². The van der Waals surface area contributed by atoms with Gasteiger partial charge in [-0.05, 0) is 26.8 Å². The van der Waals surface area contributed by atoms with Crippen molar-refractivity contribution in [3.63, 3.8) is 0 Å². The first-order valence-electron chi connectivity index (χ1n) is 8.40. The molecule has 10 nitrogen and oxygen atoms in total. The van der Waals surface area contributed by atoms with Crippen LogP contribution >= 0.6 is 0 Å². The summed E-state index contributed by atoms with van der Waals surface area (Å²) in [5.41, 5.74) is -1.83. The molecule has 0 aliphatic heterocycles. The van der Waals surface area contributed by atoms with Gasteiger partial charge >= 0.3 is 5.97 Å². The molecule has 3 rings (SSSR count). The molecule has 1 aromatic carbocycles. The summed E-state index contributed by atoms with van der Waals surface area (Å²) in [4.78, 5) is 40.3. The van der Waals surface area contributed by atoms with E-state index in [2.05, 4.69) is 15.3 Å². The van der Waals surface area contributed by atoms with E-state index in [4.69, 9.17) is 14.2 Å². The Balaban J connectivity index is 2.22. The number of ether oxygens (including phenoxy) is 3. The van der Waals surface area contributed by atoms with Crippen LogP contribution in [0.4, 0.5) is 0 Å². The Morgan fingerprint density at radius 2 is 1.79 bits per heavy atom. The minimum atomic E-state index is -0.723. The van der Waals surface area contributed by atoms with Crippen LogP contribution in [0.25, 0.3) is 21.9 Å². The average molecular weight is 388 g/mol. The highest BCUT2D eigenvalue weighted by molar-refractivity contribution is 5.89. The molecule has 148 valence electrons. The lowest BCUT2D eigenvalue weighted by molar-refractivity contribution is -0.157. The summed E-state index contributed by atoms with van der Waals surface area (Å²) in [6, 6.07) is 2.96. The average Bonchev–Trinajstić information content (AvgIpc) is 3.04. The number of H-pyrrole nitrogens is 1. The normalized spacial score (nSPS) is 11.6. The maximum absolute atomic E-state index is 12.9. The zero-order valence-electron chi connectivity index (χ0n) is 16.2. The first-order chi connectivity index (χ1) is 13.2. The highest BCUT2D eigenvalue weighted by Gasteiger charge is 2.24. The molecule has 0 bridgehead atoms. The molecule has 0 fully saturated rings. The van der Waals surface area contributed by atoms with E-state index in [1.165, 1.54) is 26.4 Å². The Kier molecular flexibility index (Phi) is 4.80. The van der Waals surface area contributed by atoms with Gasteiger partial charge in [-0.25, -0.2) is 4.68 Å². The maximum Gasteiger partial charge on any atom is 0.313 e. The van der Waals surface area contributed by atoms with Gasteiger partial charge in [0.05, 0.1) is 30.5 Å². The van der Waals surface area contributed by atoms with Crippen molar-refractivity contribution in [2.45, 2.75) is 27.5 Å². The second-order valence-electron chi connectivity index (χ2n) is 7.13. The fraction of sp³-hybridized carbons (Fsp3) is 0.389. The lowest BCUT2D eigenvalue weighted by atomic mass is 9.98. The molecular weight excluding hydrogens is 368 g/mol. The predicted molar refractivity (Wildman–Crippen MR) is 101 cm³/mol. The third-order valence-electron chi connectivity index (χ3n) is 4.11. The number of rotatable bonds is 4. The Labute approximate surface area is 159 Å². The molecule has 0 radical (unpaired) electrons. The van der Waals surface area contributed by atoms with E-state index in [-0.39, 0.29) is 28.7 Å². The predicted octanol–water partition coefficient (Wildman–Crippen LogP) is 1.20. The molecule has 0 atom stereocenters. The lowest BCUT2D eigenvalue weighted by Gasteiger charge is -2.16. The summed E-state index contributed by atoms with van der Waals surface area (Å²) in [6.07, 6.45) is 0. The summed E-state index contributed by atoms with van der Waals surface area (Å²) in [7, 11) is 2.89. The zero-order chi connectivity index (χ0) is 20.6. The zero-order valence-corrected chi connectivity index (χ0v) is 16.2. The molecule has 0 saturated heterocycles. The second-order valence-corrected chi connectivity index (χ2v) is 7.13. The SMILES string of the molecule is COc1cc2[nH]c(=O)c3c(nnn3COC(=O)C(C)(C)C)c(=O)c2cc1OC. The van der Waals surface area contributed by atoms with Crippen LogP contribution in [-0.2, 0) is 16.3 Å². The summed E-state index contributed by atoms with van der Waals surface area (Å²) >= 11 is 0. The number of aromatic amines is 1. The van der Waals surface area contributed by atoms with Crippen LogP contribution in [0, 0.1) is 5.41 Å². The number of carbonyl (C=O) groups is 1. The fourth-order valence-corrected chi connectivity index (χ4v) is 2.60. The van der Waals surface area contributed by atoms with Gasteiger partial charge in [0.2, 0.25) is 5.43 Å². The van der Waals surface area contributed by atoms with Crippen LogP contribution in [0.5, 0.6) is 11.5 Å². The number of hydrogen-bond acceptors (Lipinski definition) is 8. The monoisotopic (exact) mass is 388 g/mol. The van der Waals surface area contributed by atoms with Crippen LogP contribution < -0.4 is 20.5 Å². The van der Waals surface area contributed by atoms with E-state index in [0.717, 1.165) is 4.68 Å². The van der Waals surface area contributed by atoms with Crippen molar-refractivity contribution in [3.05, 3.63) is 32.7 Å². The maximum atomic E-state index is 12.9. The van der Waals surface area contributed by atoms with Gasteiger partial charge in [0, 0.05) is 6.07 Å². The number of hydrogen-bond donors (Lipinski definition) is 1. The van der Waals surface area contributed by atoms with Crippen molar-refractivity contribution in [1.82, 2.24) is 20.0 Å². The number of nitrogens with zero attached hydrogens (tertiary/aromatic N) is 3. The van der Waals surface area contributed by atoms with Crippen molar-refractivity contribution in [3.8, 4) is 11.5 Å². The van der Waals surface area contributed by atoms with Gasteiger partial charge in [0.15, 0.2) is 29.3 Å². The molecule has 0 aliphatic rings. The summed E-state index contributed by atoms with van der Waals surface area (Å²) < 4.78 is 16.7. The van der Waals surface area contributed by atoms with Gasteiger partial charge in [0.25, 0.3) is 5.56 Å². The minimum Gasteiger partial charge on any atom is -0.493 e. The Morgan fingerprint density at radius 3 is 2.39 bits per heavy atom. The molecular formula is C18H20N4O6. The van der Waals surface area contributed by atoms with Crippen LogP contribution in [-0.4, -0.2) is 40.2 Å². The van der Waals surface area contributed by atoms with E-state index in [0.29, 0.717) is 11.5 Å². The van der Waals surface area contributed by atoms with Crippen molar-refractivity contribution in [2.75, 3.05) is 14.2 Å². The van der Waals surface area contributed by atoms with Gasteiger partial charge in [-0.2, -0.15) is 0 Å². The number of nitrogens with one attached hydrogen (secondary N) is 1. The summed E-state index contributed by atoms with van der Waals surface area (Å²) in [5, 5.41) is 7.80. The summed E-state index contributed by atoms with van der Waals surface area (Å²) in [5.74, 6) is 0.211. The first-order valence-corrected chi connectivity index (χ1v) is 8.40. The van der Waals surface area contributed by atoms with E-state index < -0.39 is 22.4 Å². The largest absolute Gasteiger partial charge is 0.493 e. The third-order valence-corrected chi connectivity index (χ3v) is 4.11. The molecule has 0 aliphatic carbocycles. The second kappa shape index (κ2) is 6.95. The fourth-order valence-electron chi connectivity index (χ4n) is 2.60. The van der Waals surface area contributed by atoms with Crippen molar-refractivity contribution in [1.29, 1.82) is 0 Å². The molecule has 0 amide bonds. The Hall–Kier alpha value is -3.43. The molecule has 1 N–H and O–H groups in total. The van der Waals surface area contributed by atoms with E-state index in [9.17, 15) is 14.4 Å². The molecule has 2 aromatic heterocycles. The van der Waals surface area contributed by atoms with Gasteiger partial charge in [-0.3, -0.25) is 14.4 Å². The molecule has 28 heavy (non-hydrogen) atoms. The third kappa shape index (κ3) is 3.28. The molecule has 0 spiro atoms. The number of carbonyl (C=O) groups excluding carboxylic acids is 1. The van der Waals surface area contributed by atoms with Crippen LogP contribution in [0.15, 0.2) is 21.7 Å². The van der Waals surface area contributed by atoms with Gasteiger partial charge in [-0.15, -0.1) is 5.10 Å². The quantitative estimate of drug-likeness (QED) is 0.661. The Morgan fingerprint density at radius 1 is 1.14 bits per heavy atom. The number of fused-ring (bicyclic) bond motifs is 2. The number of benzene rings is 1. The molecule has 0 unspecified atom stereocenters. The summed E-state index contributed by atoms with van der Waals surface area (Å²) in [6.45, 7) is 4.75. The van der Waals surface area contributed by atoms with Crippen molar-refractivity contribution in [2.24, 2.45) is 5.41 Å². The highest BCUT2D eigenvalue weighted by Crippen LogP contribution is 2.29. The van der Waals surface area contributed by atoms with Gasteiger partial charge in [0.1, 0.15) is 0 Å². The van der Waals surface area contributed by atoms with Crippen LogP contribution in [0.3, 0.4) is 0 Å². The van der Waals surface area contributed by atoms with E-state index >= 15 is 0 Å². The van der Waals surface area contributed by atoms with E-state index in [1.807, 2.05) is 0 Å².